The first-order valence-electron chi connectivity index (χ1n) is 7.95. The van der Waals surface area contributed by atoms with E-state index in [1.165, 1.54) is 0 Å². The van der Waals surface area contributed by atoms with Crippen LogP contribution in [0.4, 0.5) is 0 Å². The Morgan fingerprint density at radius 3 is 2.38 bits per heavy atom. The lowest BCUT2D eigenvalue weighted by molar-refractivity contribution is 0.163. The lowest BCUT2D eigenvalue weighted by Crippen LogP contribution is -2.48. The van der Waals surface area contributed by atoms with Crippen LogP contribution in [0.5, 0.6) is 0 Å². The third-order valence-corrected chi connectivity index (χ3v) is 6.27. The Kier molecular flexibility index (Phi) is 4.71. The van der Waals surface area contributed by atoms with Crippen LogP contribution in [0.2, 0.25) is 0 Å². The largest absolute Gasteiger partial charge is 0.338 e. The molecule has 0 aliphatic carbocycles. The standard InChI is InChI=1S/C16H22N4O3S/c1-12-4-5-15(10-13(12)2)24(21,22)20-8-6-19(7-9-20)11-16-17-14(3)18-23-16/h4-5,10H,6-9,11H2,1-3H3. The number of rotatable bonds is 4. The van der Waals surface area contributed by atoms with E-state index in [-0.39, 0.29) is 0 Å². The number of benzene rings is 1. The minimum atomic E-state index is -3.44. The Bertz CT molecular complexity index is 824. The second kappa shape index (κ2) is 6.62. The van der Waals surface area contributed by atoms with Gasteiger partial charge in [-0.05, 0) is 44.0 Å². The third-order valence-electron chi connectivity index (χ3n) is 4.38. The van der Waals surface area contributed by atoms with Gasteiger partial charge in [-0.25, -0.2) is 8.42 Å². The summed E-state index contributed by atoms with van der Waals surface area (Å²) < 4.78 is 32.2. The summed E-state index contributed by atoms with van der Waals surface area (Å²) in [7, 11) is -3.44. The predicted molar refractivity (Wildman–Crippen MR) is 89.0 cm³/mol. The summed E-state index contributed by atoms with van der Waals surface area (Å²) in [6.07, 6.45) is 0. The Morgan fingerprint density at radius 2 is 1.79 bits per heavy atom. The number of hydrogen-bond acceptors (Lipinski definition) is 6. The van der Waals surface area contributed by atoms with E-state index >= 15 is 0 Å². The molecule has 1 saturated heterocycles. The first kappa shape index (κ1) is 17.1. The fourth-order valence-electron chi connectivity index (χ4n) is 2.75. The molecular formula is C16H22N4O3S. The van der Waals surface area contributed by atoms with Crippen molar-refractivity contribution in [2.75, 3.05) is 26.2 Å². The van der Waals surface area contributed by atoms with Crippen LogP contribution in [0.1, 0.15) is 22.8 Å². The van der Waals surface area contributed by atoms with Crippen LogP contribution in [-0.2, 0) is 16.6 Å². The first-order valence-corrected chi connectivity index (χ1v) is 9.39. The van der Waals surface area contributed by atoms with Crippen molar-refractivity contribution in [3.8, 4) is 0 Å². The van der Waals surface area contributed by atoms with Crippen molar-refractivity contribution in [1.29, 1.82) is 0 Å². The van der Waals surface area contributed by atoms with Gasteiger partial charge in [-0.2, -0.15) is 9.29 Å². The molecule has 1 aromatic heterocycles. The topological polar surface area (TPSA) is 79.5 Å². The molecule has 1 aromatic carbocycles. The summed E-state index contributed by atoms with van der Waals surface area (Å²) in [5.41, 5.74) is 2.08. The molecule has 0 radical (unpaired) electrons. The van der Waals surface area contributed by atoms with E-state index in [2.05, 4.69) is 15.0 Å². The fraction of sp³-hybridized carbons (Fsp3) is 0.500. The molecule has 1 aliphatic rings. The smallest absolute Gasteiger partial charge is 0.243 e. The van der Waals surface area contributed by atoms with Gasteiger partial charge in [0.1, 0.15) is 0 Å². The Morgan fingerprint density at radius 1 is 1.08 bits per heavy atom. The fourth-order valence-corrected chi connectivity index (χ4v) is 4.25. The van der Waals surface area contributed by atoms with Crippen LogP contribution in [0, 0.1) is 20.8 Å². The summed E-state index contributed by atoms with van der Waals surface area (Å²) in [5.74, 6) is 1.18. The van der Waals surface area contributed by atoms with Crippen LogP contribution in [0.25, 0.3) is 0 Å². The van der Waals surface area contributed by atoms with Crippen molar-refractivity contribution >= 4 is 10.0 Å². The van der Waals surface area contributed by atoms with E-state index in [9.17, 15) is 8.42 Å². The molecule has 24 heavy (non-hydrogen) atoms. The van der Waals surface area contributed by atoms with E-state index in [1.54, 1.807) is 23.4 Å². The first-order chi connectivity index (χ1) is 11.4. The van der Waals surface area contributed by atoms with Gasteiger partial charge in [0.05, 0.1) is 11.4 Å². The SMILES string of the molecule is Cc1noc(CN2CCN(S(=O)(=O)c3ccc(C)c(C)c3)CC2)n1. The molecule has 0 amide bonds. The highest BCUT2D eigenvalue weighted by molar-refractivity contribution is 7.89. The average molecular weight is 350 g/mol. The molecule has 0 N–H and O–H groups in total. The van der Waals surface area contributed by atoms with Gasteiger partial charge < -0.3 is 4.52 Å². The summed E-state index contributed by atoms with van der Waals surface area (Å²) in [6, 6.07) is 5.29. The lowest BCUT2D eigenvalue weighted by atomic mass is 10.1. The molecule has 1 aliphatic heterocycles. The number of hydrogen-bond donors (Lipinski definition) is 0. The molecule has 1 fully saturated rings. The molecule has 2 aromatic rings. The molecule has 0 bridgehead atoms. The van der Waals surface area contributed by atoms with E-state index in [0.717, 1.165) is 11.1 Å². The molecule has 2 heterocycles. The summed E-state index contributed by atoms with van der Waals surface area (Å²) >= 11 is 0. The van der Waals surface area contributed by atoms with Crippen LogP contribution in [-0.4, -0.2) is 53.9 Å². The zero-order valence-corrected chi connectivity index (χ0v) is 15.0. The minimum absolute atomic E-state index is 0.367. The predicted octanol–water partition coefficient (Wildman–Crippen LogP) is 1.50. The van der Waals surface area contributed by atoms with Gasteiger partial charge >= 0.3 is 0 Å². The highest BCUT2D eigenvalue weighted by atomic mass is 32.2. The van der Waals surface area contributed by atoms with E-state index in [1.807, 2.05) is 19.9 Å². The molecular weight excluding hydrogens is 328 g/mol. The zero-order valence-electron chi connectivity index (χ0n) is 14.2. The van der Waals surface area contributed by atoms with Gasteiger partial charge in [0.2, 0.25) is 15.9 Å². The van der Waals surface area contributed by atoms with Gasteiger partial charge in [0.25, 0.3) is 0 Å². The molecule has 3 rings (SSSR count). The lowest BCUT2D eigenvalue weighted by Gasteiger charge is -2.33. The second-order valence-electron chi connectivity index (χ2n) is 6.16. The van der Waals surface area contributed by atoms with Gasteiger partial charge in [-0.3, -0.25) is 4.90 Å². The summed E-state index contributed by atoms with van der Waals surface area (Å²) in [6.45, 7) is 8.45. The molecule has 7 nitrogen and oxygen atoms in total. The van der Waals surface area contributed by atoms with Crippen LogP contribution in [0.15, 0.2) is 27.6 Å². The maximum Gasteiger partial charge on any atom is 0.243 e. The zero-order chi connectivity index (χ0) is 17.3. The van der Waals surface area contributed by atoms with Crippen molar-refractivity contribution in [1.82, 2.24) is 19.3 Å². The van der Waals surface area contributed by atoms with Crippen molar-refractivity contribution in [2.45, 2.75) is 32.2 Å². The van der Waals surface area contributed by atoms with Gasteiger partial charge in [-0.15, -0.1) is 0 Å². The van der Waals surface area contributed by atoms with E-state index in [0.29, 0.717) is 49.3 Å². The van der Waals surface area contributed by atoms with E-state index < -0.39 is 10.0 Å². The number of aryl methyl sites for hydroxylation is 3. The van der Waals surface area contributed by atoms with Gasteiger partial charge in [-0.1, -0.05) is 11.2 Å². The normalized spacial score (nSPS) is 17.3. The second-order valence-corrected chi connectivity index (χ2v) is 8.10. The number of aromatic nitrogens is 2. The van der Waals surface area contributed by atoms with Gasteiger partial charge in [0.15, 0.2) is 5.82 Å². The number of piperazine rings is 1. The van der Waals surface area contributed by atoms with Crippen molar-refractivity contribution in [2.24, 2.45) is 0 Å². The number of nitrogens with zero attached hydrogens (tertiary/aromatic N) is 4. The Labute approximate surface area is 142 Å². The Balaban J connectivity index is 1.65. The van der Waals surface area contributed by atoms with Crippen LogP contribution >= 0.6 is 0 Å². The highest BCUT2D eigenvalue weighted by Gasteiger charge is 2.29. The maximum absolute atomic E-state index is 12.8. The monoisotopic (exact) mass is 350 g/mol. The molecule has 0 saturated carbocycles. The quantitative estimate of drug-likeness (QED) is 0.831. The summed E-state index contributed by atoms with van der Waals surface area (Å²) in [5, 5.41) is 3.77. The Hall–Kier alpha value is -1.77. The van der Waals surface area contributed by atoms with Crippen molar-refractivity contribution in [3.05, 3.63) is 41.0 Å². The van der Waals surface area contributed by atoms with Crippen LogP contribution < -0.4 is 0 Å². The van der Waals surface area contributed by atoms with Crippen molar-refractivity contribution < 1.29 is 12.9 Å². The molecule has 0 unspecified atom stereocenters. The van der Waals surface area contributed by atoms with Crippen molar-refractivity contribution in [3.63, 3.8) is 0 Å². The minimum Gasteiger partial charge on any atom is -0.338 e. The van der Waals surface area contributed by atoms with Gasteiger partial charge in [0, 0.05) is 26.2 Å². The molecule has 0 spiro atoms. The molecule has 8 heteroatoms. The molecule has 0 atom stereocenters. The summed E-state index contributed by atoms with van der Waals surface area (Å²) in [4.78, 5) is 6.68. The molecule has 130 valence electrons. The highest BCUT2D eigenvalue weighted by Crippen LogP contribution is 2.20. The number of sulfonamides is 1. The van der Waals surface area contributed by atoms with Crippen LogP contribution in [0.3, 0.4) is 0 Å². The average Bonchev–Trinajstić information content (AvgIpc) is 2.95. The third kappa shape index (κ3) is 3.50. The maximum atomic E-state index is 12.8. The van der Waals surface area contributed by atoms with E-state index in [4.69, 9.17) is 4.52 Å².